The second-order valence-electron chi connectivity index (χ2n) is 10.1. The lowest BCUT2D eigenvalue weighted by atomic mass is 9.99. The summed E-state index contributed by atoms with van der Waals surface area (Å²) >= 11 is 7.37. The molecule has 5 rings (SSSR count). The van der Waals surface area contributed by atoms with Crippen molar-refractivity contribution in [2.75, 3.05) is 6.61 Å². The summed E-state index contributed by atoms with van der Waals surface area (Å²) in [6.45, 7) is 4.45. The third kappa shape index (κ3) is 7.66. The van der Waals surface area contributed by atoms with Gasteiger partial charge in [0.05, 0.1) is 21.6 Å². The number of nitrogens with zero attached hydrogens (tertiary/aromatic N) is 4. The zero-order chi connectivity index (χ0) is 33.0. The molecular formula is C30H29ClN4O10S. The second kappa shape index (κ2) is 14.3. The van der Waals surface area contributed by atoms with Gasteiger partial charge < -0.3 is 32.7 Å². The maximum atomic E-state index is 12.3. The number of halogens is 1. The number of fused-ring (bicyclic) bond motifs is 1. The van der Waals surface area contributed by atoms with Crippen LogP contribution in [-0.2, 0) is 49.4 Å². The van der Waals surface area contributed by atoms with Gasteiger partial charge in [-0.25, -0.2) is 4.98 Å². The Balaban J connectivity index is 1.53. The number of imidazole rings is 1. The molecule has 242 valence electrons. The summed E-state index contributed by atoms with van der Waals surface area (Å²) < 4.78 is 35.9. The first-order valence-electron chi connectivity index (χ1n) is 14.0. The fraction of sp³-hybridized carbons (Fsp3) is 0.367. The van der Waals surface area contributed by atoms with Gasteiger partial charge in [0.1, 0.15) is 19.3 Å². The van der Waals surface area contributed by atoms with Gasteiger partial charge in [-0.15, -0.1) is 10.2 Å². The molecule has 46 heavy (non-hydrogen) atoms. The van der Waals surface area contributed by atoms with E-state index in [0.29, 0.717) is 26.8 Å². The first-order chi connectivity index (χ1) is 22.0. The van der Waals surface area contributed by atoms with Gasteiger partial charge in [-0.1, -0.05) is 47.6 Å². The van der Waals surface area contributed by atoms with Crippen LogP contribution >= 0.6 is 23.4 Å². The number of carbonyl (C=O) groups is 4. The first kappa shape index (κ1) is 32.9. The Morgan fingerprint density at radius 2 is 1.50 bits per heavy atom. The molecule has 14 nitrogen and oxygen atoms in total. The lowest BCUT2D eigenvalue weighted by molar-refractivity contribution is -0.237. The predicted octanol–water partition coefficient (Wildman–Crippen LogP) is 3.96. The van der Waals surface area contributed by atoms with Crippen LogP contribution in [0.5, 0.6) is 0 Å². The van der Waals surface area contributed by atoms with Crippen molar-refractivity contribution in [3.8, 4) is 11.5 Å². The Morgan fingerprint density at radius 1 is 0.848 bits per heavy atom. The van der Waals surface area contributed by atoms with E-state index in [4.69, 9.17) is 44.7 Å². The van der Waals surface area contributed by atoms with Crippen molar-refractivity contribution in [3.05, 3.63) is 59.4 Å². The topological polar surface area (TPSA) is 171 Å². The largest absolute Gasteiger partial charge is 0.463 e. The molecule has 0 saturated carbocycles. The molecule has 16 heteroatoms. The minimum absolute atomic E-state index is 0.0889. The minimum atomic E-state index is -1.32. The van der Waals surface area contributed by atoms with Gasteiger partial charge in [0.2, 0.25) is 11.8 Å². The summed E-state index contributed by atoms with van der Waals surface area (Å²) in [4.78, 5) is 53.1. The van der Waals surface area contributed by atoms with Gasteiger partial charge in [0.15, 0.2) is 28.9 Å². The van der Waals surface area contributed by atoms with Crippen LogP contribution in [0.2, 0.25) is 5.02 Å². The molecule has 5 unspecified atom stereocenters. The molecule has 0 amide bonds. The van der Waals surface area contributed by atoms with E-state index in [2.05, 4.69) is 10.2 Å². The average Bonchev–Trinajstić information content (AvgIpc) is 3.59. The van der Waals surface area contributed by atoms with Crippen molar-refractivity contribution in [1.82, 2.24) is 19.7 Å². The van der Waals surface area contributed by atoms with E-state index >= 15 is 0 Å². The van der Waals surface area contributed by atoms with E-state index in [0.717, 1.165) is 25.6 Å². The van der Waals surface area contributed by atoms with Gasteiger partial charge in [0, 0.05) is 27.7 Å². The van der Waals surface area contributed by atoms with Crippen LogP contribution in [0.1, 0.15) is 33.6 Å². The Morgan fingerprint density at radius 3 is 2.20 bits per heavy atom. The number of hydrogen-bond donors (Lipinski definition) is 0. The monoisotopic (exact) mass is 672 g/mol. The molecule has 0 aliphatic carbocycles. The molecule has 1 fully saturated rings. The highest BCUT2D eigenvalue weighted by Crippen LogP contribution is 2.39. The van der Waals surface area contributed by atoms with E-state index in [1.807, 2.05) is 24.3 Å². The number of esters is 4. The van der Waals surface area contributed by atoms with Gasteiger partial charge in [-0.3, -0.25) is 19.2 Å². The third-order valence-corrected chi connectivity index (χ3v) is 8.12. The summed E-state index contributed by atoms with van der Waals surface area (Å²) in [5, 5.41) is 9.20. The van der Waals surface area contributed by atoms with Gasteiger partial charge in [-0.2, -0.15) is 0 Å². The third-order valence-electron chi connectivity index (χ3n) is 6.65. The number of carbonyl (C=O) groups excluding carboxylic acids is 4. The van der Waals surface area contributed by atoms with E-state index in [-0.39, 0.29) is 24.9 Å². The molecule has 3 heterocycles. The number of benzene rings is 2. The minimum Gasteiger partial charge on any atom is -0.463 e. The van der Waals surface area contributed by atoms with Crippen LogP contribution in [0.3, 0.4) is 0 Å². The molecule has 1 aliphatic heterocycles. The van der Waals surface area contributed by atoms with Crippen LogP contribution in [0.25, 0.3) is 22.5 Å². The molecular weight excluding hydrogens is 644 g/mol. The maximum absolute atomic E-state index is 12.3. The summed E-state index contributed by atoms with van der Waals surface area (Å²) in [7, 11) is 0. The molecule has 1 saturated heterocycles. The van der Waals surface area contributed by atoms with E-state index in [9.17, 15) is 19.2 Å². The predicted molar refractivity (Wildman–Crippen MR) is 161 cm³/mol. The Bertz CT molecular complexity index is 1760. The van der Waals surface area contributed by atoms with Crippen molar-refractivity contribution in [1.29, 1.82) is 0 Å². The molecule has 0 bridgehead atoms. The van der Waals surface area contributed by atoms with Crippen LogP contribution in [0, 0.1) is 0 Å². The van der Waals surface area contributed by atoms with Crippen LogP contribution in [0.4, 0.5) is 0 Å². The zero-order valence-electron chi connectivity index (χ0n) is 25.1. The van der Waals surface area contributed by atoms with Crippen LogP contribution in [-0.4, -0.2) is 80.1 Å². The fourth-order valence-corrected chi connectivity index (χ4v) is 6.29. The van der Waals surface area contributed by atoms with Crippen LogP contribution in [0.15, 0.2) is 58.1 Å². The molecule has 2 aromatic carbocycles. The van der Waals surface area contributed by atoms with E-state index in [1.165, 1.54) is 13.8 Å². The molecule has 2 aromatic heterocycles. The number of thioether (sulfide) groups is 1. The quantitative estimate of drug-likeness (QED) is 0.175. The van der Waals surface area contributed by atoms with Crippen molar-refractivity contribution in [2.45, 2.75) is 69.2 Å². The van der Waals surface area contributed by atoms with Crippen molar-refractivity contribution in [2.24, 2.45) is 0 Å². The maximum Gasteiger partial charge on any atom is 0.303 e. The van der Waals surface area contributed by atoms with Gasteiger partial charge in [0.25, 0.3) is 0 Å². The molecule has 4 aromatic rings. The van der Waals surface area contributed by atoms with Gasteiger partial charge in [-0.05, 0) is 24.3 Å². The molecule has 0 radical (unpaired) electrons. The summed E-state index contributed by atoms with van der Waals surface area (Å²) in [5.41, 5.74) is 0.831. The van der Waals surface area contributed by atoms with Gasteiger partial charge >= 0.3 is 23.9 Å². The van der Waals surface area contributed by atoms with Crippen molar-refractivity contribution < 1.29 is 47.3 Å². The smallest absolute Gasteiger partial charge is 0.303 e. The summed E-state index contributed by atoms with van der Waals surface area (Å²) in [6.07, 6.45) is -4.97. The van der Waals surface area contributed by atoms with E-state index in [1.54, 1.807) is 28.8 Å². The standard InChI is InChI=1S/C30H29ClN4O10S/c1-15(36)40-14-23-25(41-16(2)37)26(42-17(3)38)27(43-18(4)39)29(44-23)46-30-32-21-11-7-8-12-22(21)35(30)13-24-33-34-28(45-24)19-9-5-6-10-20(19)31/h5-12,23,25-27,29H,13-14H2,1-4H3. The molecule has 5 atom stereocenters. The average molecular weight is 673 g/mol. The Kier molecular flexibility index (Phi) is 10.2. The highest BCUT2D eigenvalue weighted by molar-refractivity contribution is 7.99. The second-order valence-corrected chi connectivity index (χ2v) is 11.6. The number of aromatic nitrogens is 4. The SMILES string of the molecule is CC(=O)OCC1OC(Sc2nc3ccccc3n2Cc2nnc(-c3ccccc3Cl)o2)C(OC(C)=O)C(OC(C)=O)C1OC(C)=O. The Hall–Kier alpha value is -4.47. The Labute approximate surface area is 271 Å². The number of ether oxygens (including phenoxy) is 5. The van der Waals surface area contributed by atoms with E-state index < -0.39 is 53.7 Å². The molecule has 0 spiro atoms. The number of hydrogen-bond acceptors (Lipinski definition) is 14. The summed E-state index contributed by atoms with van der Waals surface area (Å²) in [6, 6.07) is 14.4. The van der Waals surface area contributed by atoms with Crippen LogP contribution < -0.4 is 0 Å². The van der Waals surface area contributed by atoms with Crippen molar-refractivity contribution in [3.63, 3.8) is 0 Å². The molecule has 0 N–H and O–H groups in total. The first-order valence-corrected chi connectivity index (χ1v) is 15.3. The molecule has 1 aliphatic rings. The number of rotatable bonds is 10. The highest BCUT2D eigenvalue weighted by atomic mass is 35.5. The lowest BCUT2D eigenvalue weighted by Gasteiger charge is -2.44. The van der Waals surface area contributed by atoms with Crippen molar-refractivity contribution >= 4 is 58.3 Å². The number of para-hydroxylation sites is 2. The fourth-order valence-electron chi connectivity index (χ4n) is 4.88. The normalized spacial score (nSPS) is 21.0. The summed E-state index contributed by atoms with van der Waals surface area (Å²) in [5.74, 6) is -2.28. The lowest BCUT2D eigenvalue weighted by Crippen LogP contribution is -2.61. The zero-order valence-corrected chi connectivity index (χ0v) is 26.6. The highest BCUT2D eigenvalue weighted by Gasteiger charge is 2.53.